The predicted octanol–water partition coefficient (Wildman–Crippen LogP) is 5.45. The number of anilines is 1. The fourth-order valence-electron chi connectivity index (χ4n) is 2.41. The van der Waals surface area contributed by atoms with Crippen molar-refractivity contribution >= 4 is 23.8 Å². The van der Waals surface area contributed by atoms with Crippen molar-refractivity contribution < 1.29 is 13.2 Å². The van der Waals surface area contributed by atoms with Crippen LogP contribution in [0.15, 0.2) is 54.0 Å². The van der Waals surface area contributed by atoms with Crippen LogP contribution in [0.1, 0.15) is 16.7 Å². The number of hydrogen-bond acceptors (Lipinski definition) is 2. The first-order chi connectivity index (χ1) is 10.8. The first kappa shape index (κ1) is 16.8. The summed E-state index contributed by atoms with van der Waals surface area (Å²) in [5.74, 6) is 0. The van der Waals surface area contributed by atoms with Crippen LogP contribution in [0.25, 0.3) is 5.70 Å². The lowest BCUT2D eigenvalue weighted by molar-refractivity contribution is -0.137. The van der Waals surface area contributed by atoms with Crippen molar-refractivity contribution in [2.24, 2.45) is 4.99 Å². The van der Waals surface area contributed by atoms with Gasteiger partial charge in [-0.25, -0.2) is 0 Å². The molecule has 0 fully saturated rings. The number of hydrogen-bond donors (Lipinski definition) is 0. The number of aryl methyl sites for hydroxylation is 1. The van der Waals surface area contributed by atoms with Gasteiger partial charge in [-0.15, -0.1) is 0 Å². The van der Waals surface area contributed by atoms with Gasteiger partial charge in [-0.05, 0) is 43.0 Å². The van der Waals surface area contributed by atoms with E-state index in [1.54, 1.807) is 24.1 Å². The molecule has 0 amide bonds. The molecule has 0 aliphatic heterocycles. The second kappa shape index (κ2) is 6.28. The number of nitrogens with zero attached hydrogens (tertiary/aromatic N) is 2. The molecular formula is C18H17F3N2. The molecule has 0 radical (unpaired) electrons. The highest BCUT2D eigenvalue weighted by Crippen LogP contribution is 2.36. The minimum absolute atomic E-state index is 0.403. The average Bonchev–Trinajstić information content (AvgIpc) is 2.52. The lowest BCUT2D eigenvalue weighted by Crippen LogP contribution is -2.16. The van der Waals surface area contributed by atoms with Gasteiger partial charge in [0, 0.05) is 12.7 Å². The highest BCUT2D eigenvalue weighted by atomic mass is 19.4. The first-order valence-corrected chi connectivity index (χ1v) is 6.92. The van der Waals surface area contributed by atoms with Crippen LogP contribution in [0.2, 0.25) is 0 Å². The van der Waals surface area contributed by atoms with Crippen molar-refractivity contribution in [2.75, 3.05) is 11.9 Å². The van der Waals surface area contributed by atoms with Crippen LogP contribution in [0.3, 0.4) is 0 Å². The highest BCUT2D eigenvalue weighted by Gasteiger charge is 2.30. The summed E-state index contributed by atoms with van der Waals surface area (Å²) in [6, 6.07) is 10.7. The quantitative estimate of drug-likeness (QED) is 0.684. The fraction of sp³-hybridized carbons (Fsp3) is 0.167. The van der Waals surface area contributed by atoms with E-state index in [0.29, 0.717) is 16.9 Å². The molecular weight excluding hydrogens is 301 g/mol. The molecule has 2 aromatic carbocycles. The minimum Gasteiger partial charge on any atom is -0.343 e. The summed E-state index contributed by atoms with van der Waals surface area (Å²) >= 11 is 0. The van der Waals surface area contributed by atoms with Gasteiger partial charge in [-0.3, -0.25) is 4.99 Å². The van der Waals surface area contributed by atoms with E-state index in [2.05, 4.69) is 18.3 Å². The molecule has 5 heteroatoms. The second-order valence-corrected chi connectivity index (χ2v) is 5.19. The van der Waals surface area contributed by atoms with E-state index in [0.717, 1.165) is 23.4 Å². The number of para-hydroxylation sites is 1. The van der Waals surface area contributed by atoms with Gasteiger partial charge >= 0.3 is 6.18 Å². The molecule has 0 spiro atoms. The Hall–Kier alpha value is -2.56. The molecule has 0 N–H and O–H groups in total. The van der Waals surface area contributed by atoms with Crippen molar-refractivity contribution in [3.8, 4) is 0 Å². The Labute approximate surface area is 133 Å². The van der Waals surface area contributed by atoms with Crippen molar-refractivity contribution in [1.82, 2.24) is 0 Å². The normalized spacial score (nSPS) is 11.2. The smallest absolute Gasteiger partial charge is 0.343 e. The summed E-state index contributed by atoms with van der Waals surface area (Å²) in [6.45, 7) is 9.38. The minimum atomic E-state index is -4.38. The van der Waals surface area contributed by atoms with Crippen molar-refractivity contribution in [1.29, 1.82) is 0 Å². The Kier molecular flexibility index (Phi) is 4.59. The van der Waals surface area contributed by atoms with E-state index >= 15 is 0 Å². The molecule has 0 aliphatic rings. The van der Waals surface area contributed by atoms with E-state index in [9.17, 15) is 13.2 Å². The van der Waals surface area contributed by atoms with E-state index in [-0.39, 0.29) is 0 Å². The zero-order chi connectivity index (χ0) is 17.2. The summed E-state index contributed by atoms with van der Waals surface area (Å²) in [4.78, 5) is 5.70. The van der Waals surface area contributed by atoms with Crippen LogP contribution in [0.4, 0.5) is 24.5 Å². The van der Waals surface area contributed by atoms with Crippen LogP contribution in [0, 0.1) is 6.92 Å². The van der Waals surface area contributed by atoms with Crippen molar-refractivity contribution in [3.05, 3.63) is 65.7 Å². The van der Waals surface area contributed by atoms with Gasteiger partial charge in [-0.1, -0.05) is 30.8 Å². The number of aliphatic imine (C=N–C) groups is 1. The predicted molar refractivity (Wildman–Crippen MR) is 89.3 cm³/mol. The molecule has 23 heavy (non-hydrogen) atoms. The number of benzene rings is 2. The number of alkyl halides is 3. The van der Waals surface area contributed by atoms with Crippen LogP contribution in [-0.2, 0) is 6.18 Å². The molecule has 120 valence electrons. The molecule has 0 saturated heterocycles. The van der Waals surface area contributed by atoms with Gasteiger partial charge in [0.1, 0.15) is 0 Å². The average molecular weight is 318 g/mol. The van der Waals surface area contributed by atoms with Gasteiger partial charge < -0.3 is 4.90 Å². The Bertz CT molecular complexity index is 748. The lowest BCUT2D eigenvalue weighted by Gasteiger charge is -2.25. The van der Waals surface area contributed by atoms with Crippen molar-refractivity contribution in [2.45, 2.75) is 13.1 Å². The van der Waals surface area contributed by atoms with Crippen LogP contribution in [0.5, 0.6) is 0 Å². The standard InChI is InChI=1S/C18H17F3N2/c1-12-7-5-10-16(22-3)17(12)23(4)13(2)14-8-6-9-15(11-14)18(19,20)21/h5-11H,2-3H2,1,4H3. The summed E-state index contributed by atoms with van der Waals surface area (Å²) in [7, 11) is 1.75. The van der Waals surface area contributed by atoms with Gasteiger partial charge in [0.2, 0.25) is 0 Å². The van der Waals surface area contributed by atoms with Crippen molar-refractivity contribution in [3.63, 3.8) is 0 Å². The Morgan fingerprint density at radius 2 is 1.78 bits per heavy atom. The van der Waals surface area contributed by atoms with Crippen LogP contribution in [-0.4, -0.2) is 13.8 Å². The molecule has 0 atom stereocenters. The van der Waals surface area contributed by atoms with Crippen LogP contribution < -0.4 is 4.90 Å². The summed E-state index contributed by atoms with van der Waals surface area (Å²) in [5, 5.41) is 0. The molecule has 0 aromatic heterocycles. The SMILES string of the molecule is C=Nc1cccc(C)c1N(C)C(=C)c1cccc(C(F)(F)F)c1. The maximum Gasteiger partial charge on any atom is 0.416 e. The zero-order valence-corrected chi connectivity index (χ0v) is 13.0. The Balaban J connectivity index is 2.44. The largest absolute Gasteiger partial charge is 0.416 e. The molecule has 2 nitrogen and oxygen atoms in total. The maximum atomic E-state index is 12.9. The van der Waals surface area contributed by atoms with E-state index in [1.807, 2.05) is 19.1 Å². The topological polar surface area (TPSA) is 15.6 Å². The molecule has 0 unspecified atom stereocenters. The summed E-state index contributed by atoms with van der Waals surface area (Å²) in [5.41, 5.74) is 2.52. The third kappa shape index (κ3) is 3.44. The monoisotopic (exact) mass is 318 g/mol. The summed E-state index contributed by atoms with van der Waals surface area (Å²) in [6.07, 6.45) is -4.38. The van der Waals surface area contributed by atoms with Gasteiger partial charge in [0.05, 0.1) is 16.9 Å². The number of rotatable bonds is 4. The zero-order valence-electron chi connectivity index (χ0n) is 13.0. The Morgan fingerprint density at radius 1 is 1.13 bits per heavy atom. The maximum absolute atomic E-state index is 12.9. The Morgan fingerprint density at radius 3 is 2.39 bits per heavy atom. The third-order valence-corrected chi connectivity index (χ3v) is 3.65. The summed E-state index contributed by atoms with van der Waals surface area (Å²) < 4.78 is 38.6. The van der Waals surface area contributed by atoms with Gasteiger partial charge in [-0.2, -0.15) is 13.2 Å². The van der Waals surface area contributed by atoms with Gasteiger partial charge in [0.15, 0.2) is 0 Å². The molecule has 0 saturated carbocycles. The lowest BCUT2D eigenvalue weighted by atomic mass is 10.1. The second-order valence-electron chi connectivity index (χ2n) is 5.19. The molecule has 0 heterocycles. The van der Waals surface area contributed by atoms with E-state index in [1.165, 1.54) is 6.07 Å². The highest BCUT2D eigenvalue weighted by molar-refractivity contribution is 5.85. The van der Waals surface area contributed by atoms with E-state index < -0.39 is 11.7 Å². The van der Waals surface area contributed by atoms with E-state index in [4.69, 9.17) is 0 Å². The molecule has 2 aromatic rings. The molecule has 0 bridgehead atoms. The molecule has 2 rings (SSSR count). The van der Waals surface area contributed by atoms with Crippen LogP contribution >= 0.6 is 0 Å². The number of halogens is 3. The van der Waals surface area contributed by atoms with Gasteiger partial charge in [0.25, 0.3) is 0 Å². The fourth-order valence-corrected chi connectivity index (χ4v) is 2.41. The molecule has 0 aliphatic carbocycles. The third-order valence-electron chi connectivity index (χ3n) is 3.65. The first-order valence-electron chi connectivity index (χ1n) is 6.92.